The molecule has 1 fully saturated rings. The zero-order valence-corrected chi connectivity index (χ0v) is 14.9. The van der Waals surface area contributed by atoms with Crippen LogP contribution in [0.15, 0.2) is 60.7 Å². The summed E-state index contributed by atoms with van der Waals surface area (Å²) in [5, 5.41) is 12.1. The van der Waals surface area contributed by atoms with E-state index in [-0.39, 0.29) is 0 Å². The van der Waals surface area contributed by atoms with Gasteiger partial charge in [0, 0.05) is 25.3 Å². The number of nitrogens with zero attached hydrogens (tertiary/aromatic N) is 1. The van der Waals surface area contributed by atoms with Crippen LogP contribution in [-0.2, 0) is 11.3 Å². The third-order valence-electron chi connectivity index (χ3n) is 4.84. The Morgan fingerprint density at radius 1 is 1.04 bits per heavy atom. The highest BCUT2D eigenvalue weighted by Gasteiger charge is 2.40. The molecule has 0 spiro atoms. The lowest BCUT2D eigenvalue weighted by atomic mass is 9.86. The Hall–Kier alpha value is -2.33. The summed E-state index contributed by atoms with van der Waals surface area (Å²) in [6.45, 7) is 5.33. The number of ether oxygens (including phenoxy) is 1. The van der Waals surface area contributed by atoms with Gasteiger partial charge in [-0.3, -0.25) is 10.3 Å². The van der Waals surface area contributed by atoms with Crippen molar-refractivity contribution in [1.82, 2.24) is 4.90 Å². The van der Waals surface area contributed by atoms with E-state index in [9.17, 15) is 0 Å². The molecule has 2 N–H and O–H groups in total. The highest BCUT2D eigenvalue weighted by atomic mass is 16.5. The van der Waals surface area contributed by atoms with Crippen LogP contribution in [0, 0.1) is 5.41 Å². The Balaban J connectivity index is 1.69. The fourth-order valence-corrected chi connectivity index (χ4v) is 3.42. The van der Waals surface area contributed by atoms with Crippen LogP contribution in [0.25, 0.3) is 0 Å². The maximum Gasteiger partial charge on any atom is 0.207 e. The number of piperidine rings is 1. The molecule has 0 atom stereocenters. The van der Waals surface area contributed by atoms with E-state index in [2.05, 4.69) is 52.7 Å². The maximum atomic E-state index is 8.46. The Morgan fingerprint density at radius 3 is 2.24 bits per heavy atom. The summed E-state index contributed by atoms with van der Waals surface area (Å²) in [5.74, 6) is 0.359. The van der Waals surface area contributed by atoms with Gasteiger partial charge in [-0.2, -0.15) is 0 Å². The molecule has 1 aliphatic heterocycles. The molecule has 132 valence electrons. The van der Waals surface area contributed by atoms with Crippen molar-refractivity contribution < 1.29 is 4.74 Å². The monoisotopic (exact) mass is 337 g/mol. The molecule has 0 aromatic heterocycles. The first-order chi connectivity index (χ1) is 12.2. The lowest BCUT2D eigenvalue weighted by molar-refractivity contribution is 0.174. The molecule has 3 rings (SSSR count). The van der Waals surface area contributed by atoms with Gasteiger partial charge >= 0.3 is 0 Å². The molecule has 0 bridgehead atoms. The Morgan fingerprint density at radius 2 is 1.64 bits per heavy atom. The molecule has 4 heteroatoms. The van der Waals surface area contributed by atoms with Crippen molar-refractivity contribution in [3.63, 3.8) is 0 Å². The Kier molecular flexibility index (Phi) is 5.71. The number of benzene rings is 2. The topological polar surface area (TPSA) is 48.4 Å². The van der Waals surface area contributed by atoms with E-state index in [0.29, 0.717) is 12.5 Å². The summed E-state index contributed by atoms with van der Waals surface area (Å²) in [6.07, 6.45) is 1.74. The zero-order valence-electron chi connectivity index (χ0n) is 14.9. The number of likely N-dealkylation sites (tertiary alicyclic amines) is 1. The van der Waals surface area contributed by atoms with Crippen molar-refractivity contribution in [2.75, 3.05) is 25.0 Å². The number of hydrogen-bond acceptors (Lipinski definition) is 4. The first kappa shape index (κ1) is 17.5. The van der Waals surface area contributed by atoms with Gasteiger partial charge in [-0.05, 0) is 37.5 Å². The van der Waals surface area contributed by atoms with Crippen molar-refractivity contribution in [3.05, 3.63) is 66.2 Å². The third kappa shape index (κ3) is 4.40. The van der Waals surface area contributed by atoms with E-state index in [4.69, 9.17) is 10.1 Å². The number of hydrogen-bond donors (Lipinski definition) is 2. The molecular formula is C21H27N3O. The van der Waals surface area contributed by atoms with Crippen molar-refractivity contribution >= 4 is 11.6 Å². The summed E-state index contributed by atoms with van der Waals surface area (Å²) in [7, 11) is 0. The molecule has 4 nitrogen and oxygen atoms in total. The largest absolute Gasteiger partial charge is 0.480 e. The average Bonchev–Trinajstić information content (AvgIpc) is 2.65. The van der Waals surface area contributed by atoms with E-state index in [1.54, 1.807) is 0 Å². The molecule has 0 amide bonds. The van der Waals surface area contributed by atoms with Crippen molar-refractivity contribution in [1.29, 1.82) is 5.41 Å². The van der Waals surface area contributed by atoms with Crippen LogP contribution in [-0.4, -0.2) is 36.0 Å². The fraction of sp³-hybridized carbons (Fsp3) is 0.381. The number of anilines is 1. The van der Waals surface area contributed by atoms with Crippen LogP contribution in [0.3, 0.4) is 0 Å². The van der Waals surface area contributed by atoms with E-state index in [1.807, 2.05) is 25.1 Å². The summed E-state index contributed by atoms with van der Waals surface area (Å²) >= 11 is 0. The van der Waals surface area contributed by atoms with Crippen LogP contribution in [0.5, 0.6) is 0 Å². The summed E-state index contributed by atoms with van der Waals surface area (Å²) < 4.78 is 5.61. The molecular weight excluding hydrogens is 310 g/mol. The van der Waals surface area contributed by atoms with Crippen molar-refractivity contribution in [2.24, 2.45) is 0 Å². The second-order valence-corrected chi connectivity index (χ2v) is 6.60. The van der Waals surface area contributed by atoms with E-state index < -0.39 is 5.54 Å². The van der Waals surface area contributed by atoms with Crippen molar-refractivity contribution in [3.8, 4) is 0 Å². The number of rotatable bonds is 6. The molecule has 1 aliphatic rings. The molecule has 0 saturated carbocycles. The Labute approximate surface area is 150 Å². The minimum absolute atomic E-state index is 0.359. The van der Waals surface area contributed by atoms with Crippen LogP contribution in [0.4, 0.5) is 5.69 Å². The van der Waals surface area contributed by atoms with Gasteiger partial charge < -0.3 is 10.1 Å². The van der Waals surface area contributed by atoms with Gasteiger partial charge in [0.1, 0.15) is 5.54 Å². The van der Waals surface area contributed by atoms with Crippen LogP contribution in [0.1, 0.15) is 25.3 Å². The fourth-order valence-electron chi connectivity index (χ4n) is 3.42. The minimum atomic E-state index is -0.412. The van der Waals surface area contributed by atoms with Crippen LogP contribution in [0.2, 0.25) is 0 Å². The van der Waals surface area contributed by atoms with Crippen molar-refractivity contribution in [2.45, 2.75) is 31.8 Å². The highest BCUT2D eigenvalue weighted by Crippen LogP contribution is 2.29. The Bertz CT molecular complexity index is 664. The van der Waals surface area contributed by atoms with E-state index in [1.165, 1.54) is 5.56 Å². The first-order valence-corrected chi connectivity index (χ1v) is 9.03. The lowest BCUT2D eigenvalue weighted by Crippen LogP contribution is -2.54. The van der Waals surface area contributed by atoms with Gasteiger partial charge in [0.2, 0.25) is 5.90 Å². The zero-order chi connectivity index (χ0) is 17.5. The predicted octanol–water partition coefficient (Wildman–Crippen LogP) is 4.15. The molecule has 1 saturated heterocycles. The van der Waals surface area contributed by atoms with Gasteiger partial charge in [0.05, 0.1) is 6.61 Å². The van der Waals surface area contributed by atoms with Gasteiger partial charge in [-0.15, -0.1) is 0 Å². The SMILES string of the molecule is CCOC(=N)C1(Nc2ccccc2)CCN(Cc2ccccc2)CC1. The van der Waals surface area contributed by atoms with E-state index in [0.717, 1.165) is 38.2 Å². The smallest absolute Gasteiger partial charge is 0.207 e. The molecule has 0 aliphatic carbocycles. The molecule has 1 heterocycles. The second-order valence-electron chi connectivity index (χ2n) is 6.60. The highest BCUT2D eigenvalue weighted by molar-refractivity contribution is 5.87. The number of para-hydroxylation sites is 1. The maximum absolute atomic E-state index is 8.46. The van der Waals surface area contributed by atoms with Gasteiger partial charge in [-0.1, -0.05) is 48.5 Å². The predicted molar refractivity (Wildman–Crippen MR) is 103 cm³/mol. The average molecular weight is 337 g/mol. The minimum Gasteiger partial charge on any atom is -0.480 e. The van der Waals surface area contributed by atoms with Gasteiger partial charge in [0.15, 0.2) is 0 Å². The summed E-state index contributed by atoms with van der Waals surface area (Å²) in [5.41, 5.74) is 1.97. The first-order valence-electron chi connectivity index (χ1n) is 9.03. The molecule has 0 unspecified atom stereocenters. The third-order valence-corrected chi connectivity index (χ3v) is 4.84. The van der Waals surface area contributed by atoms with Crippen LogP contribution < -0.4 is 5.32 Å². The summed E-state index contributed by atoms with van der Waals surface area (Å²) in [4.78, 5) is 2.46. The summed E-state index contributed by atoms with van der Waals surface area (Å²) in [6, 6.07) is 20.7. The standard InChI is InChI=1S/C21H27N3O/c1-2-25-20(22)21(23-19-11-7-4-8-12-19)13-15-24(16-14-21)17-18-9-5-3-6-10-18/h3-12,22-23H,2,13-17H2,1H3. The quantitative estimate of drug-likeness (QED) is 0.615. The number of nitrogens with one attached hydrogen (secondary N) is 2. The van der Waals surface area contributed by atoms with E-state index >= 15 is 0 Å². The molecule has 0 radical (unpaired) electrons. The second kappa shape index (κ2) is 8.17. The lowest BCUT2D eigenvalue weighted by Gasteiger charge is -2.42. The van der Waals surface area contributed by atoms with Crippen LogP contribution >= 0.6 is 0 Å². The molecule has 25 heavy (non-hydrogen) atoms. The molecule has 2 aromatic carbocycles. The molecule has 2 aromatic rings. The van der Waals surface area contributed by atoms with Gasteiger partial charge in [-0.25, -0.2) is 0 Å². The van der Waals surface area contributed by atoms with Gasteiger partial charge in [0.25, 0.3) is 0 Å². The normalized spacial score (nSPS) is 17.0.